The number of nitrogens with zero attached hydrogens (tertiary/aromatic N) is 2. The molecule has 124 valence electrons. The number of amides is 2. The standard InChI is InChI=1S/C17H22N2O3S/c1-4-5-10-22-14-9-7-6-8-13(14)11-15-16(20)19(12-18(2)3)17(21)23-15/h6-9,11H,4-5,10,12H2,1-3H3/b15-11+. The van der Waals surface area contributed by atoms with Gasteiger partial charge in [-0.25, -0.2) is 0 Å². The first-order valence-electron chi connectivity index (χ1n) is 7.65. The van der Waals surface area contributed by atoms with Crippen LogP contribution in [0, 0.1) is 0 Å². The molecule has 0 spiro atoms. The van der Waals surface area contributed by atoms with Crippen LogP contribution in [0.3, 0.4) is 0 Å². The van der Waals surface area contributed by atoms with E-state index in [0.717, 1.165) is 35.9 Å². The SMILES string of the molecule is CCCCOc1ccccc1/C=C1/SC(=O)N(CN(C)C)C1=O. The third-order valence-electron chi connectivity index (χ3n) is 3.26. The first-order chi connectivity index (χ1) is 11.0. The molecule has 1 heterocycles. The second kappa shape index (κ2) is 8.17. The maximum absolute atomic E-state index is 12.4. The number of imide groups is 1. The number of rotatable bonds is 7. The highest BCUT2D eigenvalue weighted by molar-refractivity contribution is 8.18. The lowest BCUT2D eigenvalue weighted by Gasteiger charge is -2.17. The van der Waals surface area contributed by atoms with Crippen LogP contribution in [0.15, 0.2) is 29.2 Å². The van der Waals surface area contributed by atoms with Crippen molar-refractivity contribution in [2.45, 2.75) is 19.8 Å². The van der Waals surface area contributed by atoms with E-state index in [1.54, 1.807) is 11.0 Å². The average molecular weight is 334 g/mol. The van der Waals surface area contributed by atoms with E-state index >= 15 is 0 Å². The Labute approximate surface area is 141 Å². The van der Waals surface area contributed by atoms with Crippen LogP contribution in [-0.4, -0.2) is 48.3 Å². The van der Waals surface area contributed by atoms with Crippen LogP contribution in [0.4, 0.5) is 4.79 Å². The third-order valence-corrected chi connectivity index (χ3v) is 4.17. The molecule has 2 amide bonds. The summed E-state index contributed by atoms with van der Waals surface area (Å²) in [6.07, 6.45) is 3.78. The van der Waals surface area contributed by atoms with E-state index in [9.17, 15) is 9.59 Å². The molecule has 1 saturated heterocycles. The van der Waals surface area contributed by atoms with Gasteiger partial charge >= 0.3 is 0 Å². The lowest BCUT2D eigenvalue weighted by Crippen LogP contribution is -2.36. The minimum Gasteiger partial charge on any atom is -0.493 e. The highest BCUT2D eigenvalue weighted by Crippen LogP contribution is 2.33. The fourth-order valence-electron chi connectivity index (χ4n) is 2.10. The molecule has 0 aliphatic carbocycles. The van der Waals surface area contributed by atoms with Gasteiger partial charge in [-0.15, -0.1) is 0 Å². The fourth-order valence-corrected chi connectivity index (χ4v) is 2.93. The second-order valence-electron chi connectivity index (χ2n) is 5.57. The van der Waals surface area contributed by atoms with Crippen molar-refractivity contribution in [3.63, 3.8) is 0 Å². The van der Waals surface area contributed by atoms with Crippen LogP contribution in [0.25, 0.3) is 6.08 Å². The molecule has 0 atom stereocenters. The van der Waals surface area contributed by atoms with Gasteiger partial charge in [-0.3, -0.25) is 19.4 Å². The summed E-state index contributed by atoms with van der Waals surface area (Å²) in [5.74, 6) is 0.484. The number of hydrogen-bond acceptors (Lipinski definition) is 5. The monoisotopic (exact) mass is 334 g/mol. The van der Waals surface area contributed by atoms with Gasteiger partial charge in [0.1, 0.15) is 5.75 Å². The third kappa shape index (κ3) is 4.59. The van der Waals surface area contributed by atoms with E-state index < -0.39 is 0 Å². The minimum absolute atomic E-state index is 0.237. The van der Waals surface area contributed by atoms with Crippen LogP contribution in [0.5, 0.6) is 5.75 Å². The molecule has 23 heavy (non-hydrogen) atoms. The summed E-state index contributed by atoms with van der Waals surface area (Å²) >= 11 is 0.972. The maximum atomic E-state index is 12.4. The molecule has 0 bridgehead atoms. The highest BCUT2D eigenvalue weighted by Gasteiger charge is 2.35. The Kier molecular flexibility index (Phi) is 6.24. The largest absolute Gasteiger partial charge is 0.493 e. The van der Waals surface area contributed by atoms with E-state index in [-0.39, 0.29) is 17.8 Å². The molecular weight excluding hydrogens is 312 g/mol. The van der Waals surface area contributed by atoms with Crippen LogP contribution in [-0.2, 0) is 4.79 Å². The summed E-state index contributed by atoms with van der Waals surface area (Å²) in [6, 6.07) is 7.56. The lowest BCUT2D eigenvalue weighted by molar-refractivity contribution is -0.123. The number of ether oxygens (including phenoxy) is 1. The maximum Gasteiger partial charge on any atom is 0.294 e. The van der Waals surface area contributed by atoms with Gasteiger partial charge in [0.05, 0.1) is 18.2 Å². The molecule has 1 aliphatic rings. The zero-order valence-electron chi connectivity index (χ0n) is 13.7. The molecule has 1 aromatic rings. The Morgan fingerprint density at radius 3 is 2.70 bits per heavy atom. The first-order valence-corrected chi connectivity index (χ1v) is 8.46. The molecular formula is C17H22N2O3S. The molecule has 0 saturated carbocycles. The average Bonchev–Trinajstić information content (AvgIpc) is 2.76. The van der Waals surface area contributed by atoms with Gasteiger partial charge in [-0.05, 0) is 44.4 Å². The Morgan fingerprint density at radius 1 is 1.26 bits per heavy atom. The lowest BCUT2D eigenvalue weighted by atomic mass is 10.2. The summed E-state index contributed by atoms with van der Waals surface area (Å²) < 4.78 is 5.77. The highest BCUT2D eigenvalue weighted by atomic mass is 32.2. The normalized spacial score (nSPS) is 16.7. The molecule has 0 aromatic heterocycles. The van der Waals surface area contributed by atoms with Gasteiger partial charge in [0, 0.05) is 5.56 Å². The van der Waals surface area contributed by atoms with Crippen LogP contribution < -0.4 is 4.74 Å². The first kappa shape index (κ1) is 17.6. The molecule has 1 aliphatic heterocycles. The predicted molar refractivity (Wildman–Crippen MR) is 93.2 cm³/mol. The topological polar surface area (TPSA) is 49.9 Å². The Hall–Kier alpha value is -1.79. The molecule has 5 nitrogen and oxygen atoms in total. The number of thioether (sulfide) groups is 1. The van der Waals surface area contributed by atoms with Crippen LogP contribution >= 0.6 is 11.8 Å². The summed E-state index contributed by atoms with van der Waals surface area (Å²) in [4.78, 5) is 27.8. The zero-order valence-corrected chi connectivity index (χ0v) is 14.6. The van der Waals surface area contributed by atoms with Gasteiger partial charge in [-0.1, -0.05) is 31.5 Å². The zero-order chi connectivity index (χ0) is 16.8. The van der Waals surface area contributed by atoms with Crippen LogP contribution in [0.2, 0.25) is 0 Å². The van der Waals surface area contributed by atoms with E-state index in [1.807, 2.05) is 38.4 Å². The molecule has 1 aromatic carbocycles. The van der Waals surface area contributed by atoms with Crippen molar-refractivity contribution in [1.82, 2.24) is 9.80 Å². The van der Waals surface area contributed by atoms with Crippen LogP contribution in [0.1, 0.15) is 25.3 Å². The number of para-hydroxylation sites is 1. The second-order valence-corrected chi connectivity index (χ2v) is 6.56. The number of carbonyl (C=O) groups is 2. The van der Waals surface area contributed by atoms with Gasteiger partial charge in [0.2, 0.25) is 0 Å². The van der Waals surface area contributed by atoms with Gasteiger partial charge in [0.15, 0.2) is 0 Å². The van der Waals surface area contributed by atoms with Crippen molar-refractivity contribution in [3.8, 4) is 5.75 Å². The quantitative estimate of drug-likeness (QED) is 0.565. The van der Waals surface area contributed by atoms with E-state index in [1.165, 1.54) is 4.90 Å². The molecule has 1 fully saturated rings. The van der Waals surface area contributed by atoms with Crippen molar-refractivity contribution in [2.75, 3.05) is 27.4 Å². The molecule has 6 heteroatoms. The van der Waals surface area contributed by atoms with Crippen molar-refractivity contribution in [1.29, 1.82) is 0 Å². The fraction of sp³-hybridized carbons (Fsp3) is 0.412. The number of carbonyl (C=O) groups excluding carboxylic acids is 2. The Balaban J connectivity index is 2.19. The Morgan fingerprint density at radius 2 is 2.00 bits per heavy atom. The van der Waals surface area contributed by atoms with E-state index in [4.69, 9.17) is 4.74 Å². The van der Waals surface area contributed by atoms with Crippen molar-refractivity contribution < 1.29 is 14.3 Å². The summed E-state index contributed by atoms with van der Waals surface area (Å²) in [5, 5.41) is -0.237. The minimum atomic E-state index is -0.253. The molecule has 0 unspecified atom stereocenters. The van der Waals surface area contributed by atoms with Crippen molar-refractivity contribution in [2.24, 2.45) is 0 Å². The van der Waals surface area contributed by atoms with Crippen molar-refractivity contribution in [3.05, 3.63) is 34.7 Å². The number of benzene rings is 1. The Bertz CT molecular complexity index is 614. The van der Waals surface area contributed by atoms with E-state index in [0.29, 0.717) is 11.5 Å². The van der Waals surface area contributed by atoms with Gasteiger partial charge < -0.3 is 4.74 Å². The van der Waals surface area contributed by atoms with Gasteiger partial charge in [0.25, 0.3) is 11.1 Å². The summed E-state index contributed by atoms with van der Waals surface area (Å²) in [6.45, 7) is 3.04. The van der Waals surface area contributed by atoms with E-state index in [2.05, 4.69) is 6.92 Å². The van der Waals surface area contributed by atoms with Gasteiger partial charge in [-0.2, -0.15) is 0 Å². The number of unbranched alkanes of at least 4 members (excludes halogenated alkanes) is 1. The smallest absolute Gasteiger partial charge is 0.294 e. The predicted octanol–water partition coefficient (Wildman–Crippen LogP) is 3.42. The molecule has 0 N–H and O–H groups in total. The molecule has 2 rings (SSSR count). The number of hydrogen-bond donors (Lipinski definition) is 0. The summed E-state index contributed by atoms with van der Waals surface area (Å²) in [5.41, 5.74) is 0.818. The van der Waals surface area contributed by atoms with Crippen molar-refractivity contribution >= 4 is 29.0 Å². The molecule has 0 radical (unpaired) electrons. The summed E-state index contributed by atoms with van der Waals surface area (Å²) in [7, 11) is 3.65.